The van der Waals surface area contributed by atoms with E-state index in [9.17, 15) is 4.79 Å². The molecule has 3 nitrogen and oxygen atoms in total. The van der Waals surface area contributed by atoms with Gasteiger partial charge in [0, 0.05) is 35.8 Å². The lowest BCUT2D eigenvalue weighted by Crippen LogP contribution is -1.85. The Balaban J connectivity index is 2.48. The molecule has 1 aromatic heterocycles. The maximum atomic E-state index is 10.7. The van der Waals surface area contributed by atoms with E-state index in [1.807, 2.05) is 30.5 Å². The SMILES string of the molecule is CC(=O)N=Cc1c[nH]c2ccccc12. The molecule has 1 heterocycles. The molecule has 70 valence electrons. The molecule has 0 saturated carbocycles. The summed E-state index contributed by atoms with van der Waals surface area (Å²) in [6.45, 7) is 1.44. The Kier molecular flexibility index (Phi) is 2.14. The molecule has 14 heavy (non-hydrogen) atoms. The molecule has 0 spiro atoms. The van der Waals surface area contributed by atoms with Gasteiger partial charge in [-0.1, -0.05) is 18.2 Å². The monoisotopic (exact) mass is 186 g/mol. The average molecular weight is 186 g/mol. The minimum Gasteiger partial charge on any atom is -0.361 e. The van der Waals surface area contributed by atoms with E-state index in [1.165, 1.54) is 6.92 Å². The highest BCUT2D eigenvalue weighted by atomic mass is 16.1. The highest BCUT2D eigenvalue weighted by Crippen LogP contribution is 2.15. The zero-order chi connectivity index (χ0) is 9.97. The molecule has 2 rings (SSSR count). The Labute approximate surface area is 81.5 Å². The number of para-hydroxylation sites is 1. The van der Waals surface area contributed by atoms with Crippen LogP contribution in [0.1, 0.15) is 12.5 Å². The van der Waals surface area contributed by atoms with E-state index in [-0.39, 0.29) is 5.91 Å². The van der Waals surface area contributed by atoms with E-state index >= 15 is 0 Å². The predicted molar refractivity (Wildman–Crippen MR) is 56.6 cm³/mol. The number of aromatic nitrogens is 1. The van der Waals surface area contributed by atoms with Crippen LogP contribution in [0.3, 0.4) is 0 Å². The molecule has 0 aliphatic heterocycles. The van der Waals surface area contributed by atoms with Gasteiger partial charge in [0.25, 0.3) is 0 Å². The highest BCUT2D eigenvalue weighted by molar-refractivity contribution is 6.02. The van der Waals surface area contributed by atoms with E-state index in [1.54, 1.807) is 6.21 Å². The molecule has 3 heteroatoms. The number of nitrogens with one attached hydrogen (secondary N) is 1. The van der Waals surface area contributed by atoms with E-state index in [0.29, 0.717) is 0 Å². The number of carbonyl (C=O) groups excluding carboxylic acids is 1. The first-order valence-corrected chi connectivity index (χ1v) is 4.38. The molecule has 0 atom stereocenters. The maximum absolute atomic E-state index is 10.7. The minimum atomic E-state index is -0.185. The van der Waals surface area contributed by atoms with Crippen LogP contribution in [0.5, 0.6) is 0 Å². The van der Waals surface area contributed by atoms with E-state index in [2.05, 4.69) is 9.98 Å². The third-order valence-corrected chi connectivity index (χ3v) is 2.01. The minimum absolute atomic E-state index is 0.185. The van der Waals surface area contributed by atoms with Gasteiger partial charge in [0.2, 0.25) is 5.91 Å². The lowest BCUT2D eigenvalue weighted by molar-refractivity contribution is -0.115. The summed E-state index contributed by atoms with van der Waals surface area (Å²) in [4.78, 5) is 17.5. The van der Waals surface area contributed by atoms with Crippen molar-refractivity contribution in [2.75, 3.05) is 0 Å². The Morgan fingerprint density at radius 1 is 1.43 bits per heavy atom. The third-order valence-electron chi connectivity index (χ3n) is 2.01. The number of carbonyl (C=O) groups is 1. The molecular formula is C11H10N2O. The van der Waals surface area contributed by atoms with Crippen LogP contribution >= 0.6 is 0 Å². The van der Waals surface area contributed by atoms with Crippen molar-refractivity contribution in [3.63, 3.8) is 0 Å². The van der Waals surface area contributed by atoms with Crippen LogP contribution in [0, 0.1) is 0 Å². The van der Waals surface area contributed by atoms with Crippen molar-refractivity contribution >= 4 is 23.0 Å². The van der Waals surface area contributed by atoms with Gasteiger partial charge in [0.05, 0.1) is 0 Å². The summed E-state index contributed by atoms with van der Waals surface area (Å²) in [5.74, 6) is -0.185. The zero-order valence-corrected chi connectivity index (χ0v) is 7.82. The summed E-state index contributed by atoms with van der Waals surface area (Å²) >= 11 is 0. The predicted octanol–water partition coefficient (Wildman–Crippen LogP) is 2.13. The van der Waals surface area contributed by atoms with Crippen LogP contribution in [0.2, 0.25) is 0 Å². The molecule has 1 aromatic carbocycles. The van der Waals surface area contributed by atoms with Gasteiger partial charge in [0.1, 0.15) is 0 Å². The Morgan fingerprint density at radius 3 is 3.00 bits per heavy atom. The largest absolute Gasteiger partial charge is 0.361 e. The smallest absolute Gasteiger partial charge is 0.242 e. The molecule has 0 aliphatic carbocycles. The number of aliphatic imine (C=N–C) groups is 1. The first-order chi connectivity index (χ1) is 6.77. The second-order valence-electron chi connectivity index (χ2n) is 3.07. The van der Waals surface area contributed by atoms with Gasteiger partial charge < -0.3 is 4.98 Å². The van der Waals surface area contributed by atoms with Crippen LogP contribution in [-0.2, 0) is 4.79 Å². The number of H-pyrrole nitrogens is 1. The van der Waals surface area contributed by atoms with Crippen molar-refractivity contribution in [2.24, 2.45) is 4.99 Å². The van der Waals surface area contributed by atoms with Crippen molar-refractivity contribution in [3.05, 3.63) is 36.0 Å². The zero-order valence-electron chi connectivity index (χ0n) is 7.82. The van der Waals surface area contributed by atoms with Crippen molar-refractivity contribution < 1.29 is 4.79 Å². The highest BCUT2D eigenvalue weighted by Gasteiger charge is 1.99. The van der Waals surface area contributed by atoms with Crippen LogP contribution in [0.15, 0.2) is 35.5 Å². The fraction of sp³-hybridized carbons (Fsp3) is 0.0909. The summed E-state index contributed by atoms with van der Waals surface area (Å²) in [6, 6.07) is 7.90. The van der Waals surface area contributed by atoms with Gasteiger partial charge >= 0.3 is 0 Å². The second kappa shape index (κ2) is 3.46. The molecule has 1 N–H and O–H groups in total. The summed E-state index contributed by atoms with van der Waals surface area (Å²) in [5, 5.41) is 1.08. The molecule has 0 saturated heterocycles. The van der Waals surface area contributed by atoms with Gasteiger partial charge in [-0.3, -0.25) is 4.79 Å². The second-order valence-corrected chi connectivity index (χ2v) is 3.07. The van der Waals surface area contributed by atoms with Gasteiger partial charge in [-0.2, -0.15) is 0 Å². The first-order valence-electron chi connectivity index (χ1n) is 4.38. The maximum Gasteiger partial charge on any atom is 0.242 e. The van der Waals surface area contributed by atoms with Crippen molar-refractivity contribution in [1.29, 1.82) is 0 Å². The Bertz CT molecular complexity index is 497. The molecule has 1 amide bonds. The molecule has 2 aromatic rings. The molecule has 0 unspecified atom stereocenters. The summed E-state index contributed by atoms with van der Waals surface area (Å²) in [5.41, 5.74) is 1.99. The fourth-order valence-corrected chi connectivity index (χ4v) is 1.36. The molecule has 0 radical (unpaired) electrons. The van der Waals surface area contributed by atoms with Crippen molar-refractivity contribution in [2.45, 2.75) is 6.92 Å². The molecule has 0 bridgehead atoms. The van der Waals surface area contributed by atoms with Gasteiger partial charge in [0.15, 0.2) is 0 Å². The van der Waals surface area contributed by atoms with Gasteiger partial charge in [-0.25, -0.2) is 4.99 Å². The number of aromatic amines is 1. The number of hydrogen-bond donors (Lipinski definition) is 1. The lowest BCUT2D eigenvalue weighted by atomic mass is 10.2. The normalized spacial score (nSPS) is 11.2. The van der Waals surface area contributed by atoms with Crippen molar-refractivity contribution in [3.8, 4) is 0 Å². The summed E-state index contributed by atoms with van der Waals surface area (Å²) in [6.07, 6.45) is 3.43. The average Bonchev–Trinajstić information content (AvgIpc) is 2.58. The number of hydrogen-bond acceptors (Lipinski definition) is 1. The van der Waals surface area contributed by atoms with E-state index in [0.717, 1.165) is 16.5 Å². The third kappa shape index (κ3) is 1.57. The Morgan fingerprint density at radius 2 is 2.21 bits per heavy atom. The number of fused-ring (bicyclic) bond motifs is 1. The summed E-state index contributed by atoms with van der Waals surface area (Å²) < 4.78 is 0. The number of rotatable bonds is 1. The standard InChI is InChI=1S/C11H10N2O/c1-8(14)12-6-9-7-13-11-5-3-2-4-10(9)11/h2-7,13H,1H3. The van der Waals surface area contributed by atoms with E-state index < -0.39 is 0 Å². The Hall–Kier alpha value is -1.90. The van der Waals surface area contributed by atoms with Crippen LogP contribution in [-0.4, -0.2) is 17.1 Å². The van der Waals surface area contributed by atoms with Gasteiger partial charge in [-0.05, 0) is 6.07 Å². The van der Waals surface area contributed by atoms with Gasteiger partial charge in [-0.15, -0.1) is 0 Å². The topological polar surface area (TPSA) is 45.2 Å². The van der Waals surface area contributed by atoms with Crippen molar-refractivity contribution in [1.82, 2.24) is 4.98 Å². The lowest BCUT2D eigenvalue weighted by Gasteiger charge is -1.89. The molecule has 0 fully saturated rings. The summed E-state index contributed by atoms with van der Waals surface area (Å²) in [7, 11) is 0. The molecular weight excluding hydrogens is 176 g/mol. The van der Waals surface area contributed by atoms with Crippen LogP contribution < -0.4 is 0 Å². The number of amides is 1. The molecule has 0 aliphatic rings. The number of nitrogens with zero attached hydrogens (tertiary/aromatic N) is 1. The quantitative estimate of drug-likeness (QED) is 0.681. The van der Waals surface area contributed by atoms with Crippen LogP contribution in [0.25, 0.3) is 10.9 Å². The first kappa shape index (κ1) is 8.69. The number of benzene rings is 1. The fourth-order valence-electron chi connectivity index (χ4n) is 1.36. The van der Waals surface area contributed by atoms with Crippen LogP contribution in [0.4, 0.5) is 0 Å². The van der Waals surface area contributed by atoms with E-state index in [4.69, 9.17) is 0 Å².